The number of Topliss-reactive ketones (excluding diaryl/α,β-unsaturated/α-hetero) is 2. The molecule has 2 heterocycles. The SMILES string of the molecule is COC(=O)C[C@H](CC(=O)CNC(=O)CCCN(C(=O)OC(C)(C)C)c1cc(C)ccn1)c1ccc(-c2cccc3ccc(O)cc23)cc1.COC(=O)C[C@H](CC(=O)CNC(=O)CCCN(C(=O)OC(C)(C)C)c1cc(C)ccn1)c1ccc(-c2cccc3ccc(OCCOCCOCCN=[N+]=[N-])cc23)cc1.Cc1ccc(S(=O)(=O)CN=[N+]=[N-])cc1.O=CO[O-].[Cs+].[Cs+].[H-]. The molecule has 0 fully saturated rings. The molecule has 0 aliphatic heterocycles. The second-order valence-electron chi connectivity index (χ2n) is 30.5. The molecule has 0 unspecified atom stereocenters. The minimum Gasteiger partial charge on any atom is -1.00 e. The topological polar surface area (TPSA) is 459 Å². The van der Waals surface area contributed by atoms with Crippen LogP contribution >= 0.6 is 0 Å². The maximum absolute atomic E-state index is 13.2. The maximum atomic E-state index is 13.2. The zero-order valence-corrected chi connectivity index (χ0v) is 87.4. The monoisotopic (exact) mass is 2000 g/mol. The molecule has 7 aromatic carbocycles. The number of aromatic hydroxyl groups is 1. The van der Waals surface area contributed by atoms with Crippen LogP contribution in [0.15, 0.2) is 197 Å². The van der Waals surface area contributed by atoms with Gasteiger partial charge >= 0.3 is 162 Å². The zero-order valence-electron chi connectivity index (χ0n) is 75.0. The number of pyridine rings is 2. The van der Waals surface area contributed by atoms with Crippen LogP contribution in [0.1, 0.15) is 134 Å². The molecule has 2 atom stereocenters. The number of azide groups is 2. The zero-order chi connectivity index (χ0) is 91.5. The van der Waals surface area contributed by atoms with Gasteiger partial charge in [0.05, 0.1) is 71.5 Å². The van der Waals surface area contributed by atoms with Gasteiger partial charge in [-0.2, -0.15) is 0 Å². The molecular formula is C91H108Cs2N12O21S. The Balaban J connectivity index is 0.000000547. The van der Waals surface area contributed by atoms with E-state index in [-0.39, 0.29) is 251 Å². The van der Waals surface area contributed by atoms with Gasteiger partial charge in [-0.1, -0.05) is 125 Å². The summed E-state index contributed by atoms with van der Waals surface area (Å²) in [5.74, 6) is -1.75. The van der Waals surface area contributed by atoms with E-state index in [9.17, 15) is 51.9 Å². The first-order valence-electron chi connectivity index (χ1n) is 40.0. The normalized spacial score (nSPS) is 11.2. The number of phenolic OH excluding ortho intramolecular Hbond substituents is 1. The molecule has 9 aromatic rings. The number of carbonyl (C=O) groups excluding carboxylic acids is 9. The van der Waals surface area contributed by atoms with Gasteiger partial charge in [0, 0.05) is 79.4 Å². The minimum atomic E-state index is -3.46. The van der Waals surface area contributed by atoms with Gasteiger partial charge in [-0.3, -0.25) is 43.4 Å². The predicted octanol–water partition coefficient (Wildman–Crippen LogP) is 9.33. The molecule has 0 saturated heterocycles. The Bertz CT molecular complexity index is 5330. The number of carbonyl (C=O) groups is 9. The molecule has 33 nitrogen and oxygen atoms in total. The molecule has 3 N–H and O–H groups in total. The Labute approximate surface area is 858 Å². The summed E-state index contributed by atoms with van der Waals surface area (Å²) in [5.41, 5.74) is 23.1. The van der Waals surface area contributed by atoms with Crippen LogP contribution in [-0.2, 0) is 76.7 Å². The third-order valence-corrected chi connectivity index (χ3v) is 19.9. The molecule has 0 bridgehead atoms. The largest absolute Gasteiger partial charge is 1.00 e. The molecular weight excluding hydrogens is 1890 g/mol. The van der Waals surface area contributed by atoms with Crippen LogP contribution in [0.4, 0.5) is 21.2 Å². The molecule has 4 amide bonds. The summed E-state index contributed by atoms with van der Waals surface area (Å²) < 4.78 is 60.7. The summed E-state index contributed by atoms with van der Waals surface area (Å²) in [6.07, 6.45) is 2.93. The Morgan fingerprint density at radius 2 is 0.984 bits per heavy atom. The van der Waals surface area contributed by atoms with Crippen LogP contribution in [0.2, 0.25) is 0 Å². The van der Waals surface area contributed by atoms with Crippen molar-refractivity contribution in [2.45, 2.75) is 142 Å². The number of hydrogen-bond acceptors (Lipinski definition) is 25. The fourth-order valence-corrected chi connectivity index (χ4v) is 13.3. The number of methoxy groups -OCH3 is 2. The molecule has 0 aliphatic rings. The number of benzene rings is 7. The molecule has 36 heteroatoms. The quantitative estimate of drug-likeness (QED) is 0.00370. The van der Waals surface area contributed by atoms with Crippen molar-refractivity contribution >= 4 is 97.0 Å². The summed E-state index contributed by atoms with van der Waals surface area (Å²) in [7, 11) is -0.847. The average molecular weight is 2000 g/mol. The summed E-state index contributed by atoms with van der Waals surface area (Å²) in [6.45, 7) is 18.3. The number of nitrogens with one attached hydrogen (secondary N) is 2. The van der Waals surface area contributed by atoms with Crippen molar-refractivity contribution in [1.29, 1.82) is 0 Å². The third-order valence-electron chi connectivity index (χ3n) is 18.4. The Morgan fingerprint density at radius 3 is 1.41 bits per heavy atom. The van der Waals surface area contributed by atoms with Gasteiger partial charge in [0.2, 0.25) is 11.8 Å². The number of rotatable bonds is 40. The maximum Gasteiger partial charge on any atom is 1.00 e. The first-order chi connectivity index (χ1) is 59.7. The van der Waals surface area contributed by atoms with Crippen LogP contribution in [0.25, 0.3) is 64.7 Å². The van der Waals surface area contributed by atoms with E-state index >= 15 is 0 Å². The minimum absolute atomic E-state index is 0. The van der Waals surface area contributed by atoms with E-state index in [1.165, 1.54) is 36.2 Å². The first kappa shape index (κ1) is 110. The number of nitrogens with zero attached hydrogens (tertiary/aromatic N) is 10. The van der Waals surface area contributed by atoms with Gasteiger partial charge in [-0.15, -0.1) is 0 Å². The molecule has 0 saturated carbocycles. The second-order valence-corrected chi connectivity index (χ2v) is 32.5. The molecule has 0 spiro atoms. The number of anilines is 2. The number of amides is 4. The van der Waals surface area contributed by atoms with Crippen LogP contribution in [0, 0.1) is 20.8 Å². The van der Waals surface area contributed by atoms with Crippen LogP contribution in [-0.4, -0.2) is 175 Å². The van der Waals surface area contributed by atoms with E-state index in [0.29, 0.717) is 63.3 Å². The van der Waals surface area contributed by atoms with E-state index in [2.05, 4.69) is 45.5 Å². The second kappa shape index (κ2) is 57.6. The van der Waals surface area contributed by atoms with Crippen LogP contribution in [0.5, 0.6) is 11.5 Å². The number of fused-ring (bicyclic) bond motifs is 2. The predicted molar refractivity (Wildman–Crippen MR) is 470 cm³/mol. The van der Waals surface area contributed by atoms with Crippen molar-refractivity contribution < 1.29 is 239 Å². The van der Waals surface area contributed by atoms with E-state index < -0.39 is 62.9 Å². The number of ketones is 2. The number of aryl methyl sites for hydroxylation is 3. The summed E-state index contributed by atoms with van der Waals surface area (Å²) >= 11 is 0. The van der Waals surface area contributed by atoms with Gasteiger partial charge in [0.25, 0.3) is 6.47 Å². The number of ether oxygens (including phenoxy) is 7. The smallest absolute Gasteiger partial charge is 1.00 e. The Hall–Kier alpha value is -9.26. The molecule has 0 aliphatic carbocycles. The molecule has 2 aromatic heterocycles. The van der Waals surface area contributed by atoms with E-state index in [1.54, 1.807) is 90.3 Å². The third kappa shape index (κ3) is 40.5. The van der Waals surface area contributed by atoms with Gasteiger partial charge < -0.3 is 60.5 Å². The van der Waals surface area contributed by atoms with Gasteiger partial charge in [0.15, 0.2) is 21.4 Å². The number of hydrogen-bond donors (Lipinski definition) is 3. The average Bonchev–Trinajstić information content (AvgIpc) is 0.801. The van der Waals surface area contributed by atoms with Crippen molar-refractivity contribution in [2.75, 3.05) is 95.7 Å². The molecule has 127 heavy (non-hydrogen) atoms. The number of aromatic nitrogens is 2. The number of sulfone groups is 1. The van der Waals surface area contributed by atoms with Gasteiger partial charge in [-0.05, 0) is 213 Å². The van der Waals surface area contributed by atoms with E-state index in [1.807, 2.05) is 142 Å². The first-order valence-corrected chi connectivity index (χ1v) is 41.7. The summed E-state index contributed by atoms with van der Waals surface area (Å²) in [6, 6.07) is 52.0. The standard InChI is InChI=1S/C44H54N6O9.C38H43N3O7.C8H9N3O2S.CH2O3.2Cs.H/c1-31-17-18-46-40(26-31)50(43(54)59-44(2,3)4)20-7-10-41(52)47-30-36(51)27-35(28-42(53)55-5)32-11-13-34(14-12-32)38-9-6-8-33-15-16-37(29-39(33)38)58-25-24-57-23-22-56-21-19-48-49-45;1-25-17-18-39-34(20-25)41(37(46)48-38(2,3)4)19-7-10-35(44)40-24-31(43)21-29(22-36(45)47-5)26-11-13-28(14-12-26)32-9-6-8-27-15-16-30(42)23-33(27)32;1-7-2-4-8(5-3-7)14(12,13)6-10-11-9;2-1-4-3;;;/h6,8-9,11-18,26,29,35H,7,10,19-25,27-28,30H2,1-5H3,(H,47,52);6,8-9,11-18,20,23,29,42H,7,10,19,21-22,24H2,1-5H3,(H,40,44);2-5H,6H2,1H3;1,3H;;;/q;;;;2*+1;-1/p-1/t35-;29-;;;;;/m00...../s1. The molecule has 9 rings (SSSR count). The number of phenols is 1. The fourth-order valence-electron chi connectivity index (χ4n) is 12.4. The van der Waals surface area contributed by atoms with Gasteiger partial charge in [0.1, 0.15) is 46.8 Å². The van der Waals surface area contributed by atoms with E-state index in [4.69, 9.17) is 54.3 Å². The molecule has 0 radical (unpaired) electrons. The Morgan fingerprint density at radius 1 is 0.551 bits per heavy atom. The van der Waals surface area contributed by atoms with Crippen molar-refractivity contribution in [3.8, 4) is 33.8 Å². The van der Waals surface area contributed by atoms with Crippen molar-refractivity contribution in [1.82, 2.24) is 20.6 Å². The van der Waals surface area contributed by atoms with E-state index in [0.717, 1.165) is 71.6 Å². The van der Waals surface area contributed by atoms with Crippen molar-refractivity contribution in [3.63, 3.8) is 0 Å². The number of esters is 2. The van der Waals surface area contributed by atoms with Crippen molar-refractivity contribution in [3.05, 3.63) is 231 Å². The van der Waals surface area contributed by atoms with Crippen molar-refractivity contribution in [2.24, 2.45) is 10.2 Å². The summed E-state index contributed by atoms with van der Waals surface area (Å²) in [5, 5.41) is 34.2. The van der Waals surface area contributed by atoms with Crippen LogP contribution in [0.3, 0.4) is 0 Å². The van der Waals surface area contributed by atoms with Gasteiger partial charge in [-0.25, -0.2) is 28.0 Å². The fraction of sp³-hybridized carbons (Fsp3) is 0.374. The summed E-state index contributed by atoms with van der Waals surface area (Å²) in [4.78, 5) is 130. The van der Waals surface area contributed by atoms with Crippen LogP contribution < -0.4 is 168 Å². The Kier molecular flexibility index (Phi) is 49.9. The molecule has 666 valence electrons.